The Hall–Kier alpha value is -2.34. The van der Waals surface area contributed by atoms with Crippen LogP contribution in [0.4, 0.5) is 5.69 Å². The lowest BCUT2D eigenvalue weighted by atomic mass is 9.87. The monoisotopic (exact) mass is 374 g/mol. The van der Waals surface area contributed by atoms with Gasteiger partial charge in [0.2, 0.25) is 0 Å². The average Bonchev–Trinajstić information content (AvgIpc) is 2.53. The third-order valence-corrected chi connectivity index (χ3v) is 5.21. The first-order chi connectivity index (χ1) is 12.0. The maximum Gasteiger partial charge on any atom is 0.261 e. The van der Waals surface area contributed by atoms with E-state index < -0.39 is 10.0 Å². The number of carbonyl (C=O) groups is 1. The Balaban J connectivity index is 2.24. The lowest BCUT2D eigenvalue weighted by Crippen LogP contribution is -2.30. The van der Waals surface area contributed by atoms with Crippen molar-refractivity contribution in [1.29, 1.82) is 0 Å². The molecule has 0 bridgehead atoms. The number of nitrogens with one attached hydrogen (secondary N) is 2. The minimum Gasteiger partial charge on any atom is -0.350 e. The molecule has 6 heteroatoms. The van der Waals surface area contributed by atoms with Gasteiger partial charge in [0.25, 0.3) is 15.9 Å². The van der Waals surface area contributed by atoms with E-state index in [2.05, 4.69) is 30.8 Å². The molecule has 26 heavy (non-hydrogen) atoms. The van der Waals surface area contributed by atoms with Crippen LogP contribution in [0.5, 0.6) is 0 Å². The molecule has 0 radical (unpaired) electrons. The quantitative estimate of drug-likeness (QED) is 0.833. The van der Waals surface area contributed by atoms with Gasteiger partial charge in [-0.1, -0.05) is 39.0 Å². The van der Waals surface area contributed by atoms with Crippen molar-refractivity contribution in [2.75, 3.05) is 4.72 Å². The fourth-order valence-electron chi connectivity index (χ4n) is 2.40. The van der Waals surface area contributed by atoms with Crippen LogP contribution in [0, 0.1) is 0 Å². The first kappa shape index (κ1) is 20.0. The van der Waals surface area contributed by atoms with Crippen molar-refractivity contribution in [3.8, 4) is 0 Å². The second kappa shape index (κ2) is 7.50. The summed E-state index contributed by atoms with van der Waals surface area (Å²) in [6, 6.07) is 13.3. The van der Waals surface area contributed by atoms with E-state index in [1.807, 2.05) is 26.0 Å². The van der Waals surface area contributed by atoms with Crippen LogP contribution in [0.25, 0.3) is 0 Å². The highest BCUT2D eigenvalue weighted by Crippen LogP contribution is 2.24. The van der Waals surface area contributed by atoms with E-state index in [-0.39, 0.29) is 22.3 Å². The zero-order valence-electron chi connectivity index (χ0n) is 15.8. The minimum atomic E-state index is -3.78. The number of hydrogen-bond acceptors (Lipinski definition) is 3. The Bertz CT molecular complexity index is 880. The van der Waals surface area contributed by atoms with Crippen molar-refractivity contribution in [3.05, 3.63) is 59.7 Å². The molecule has 0 aliphatic carbocycles. The Morgan fingerprint density at radius 1 is 1.00 bits per heavy atom. The van der Waals surface area contributed by atoms with Crippen molar-refractivity contribution in [1.82, 2.24) is 5.32 Å². The number of sulfonamides is 1. The number of amides is 1. The summed E-state index contributed by atoms with van der Waals surface area (Å²) in [5.74, 6) is -0.299. The van der Waals surface area contributed by atoms with Gasteiger partial charge < -0.3 is 5.32 Å². The van der Waals surface area contributed by atoms with Gasteiger partial charge in [-0.15, -0.1) is 0 Å². The van der Waals surface area contributed by atoms with E-state index in [9.17, 15) is 13.2 Å². The third-order valence-electron chi connectivity index (χ3n) is 3.83. The zero-order valence-corrected chi connectivity index (χ0v) is 16.6. The van der Waals surface area contributed by atoms with Gasteiger partial charge in [-0.3, -0.25) is 9.52 Å². The molecular formula is C20H26N2O3S. The van der Waals surface area contributed by atoms with Crippen LogP contribution in [-0.4, -0.2) is 20.4 Å². The highest BCUT2D eigenvalue weighted by atomic mass is 32.2. The Labute approximate surface area is 155 Å². The largest absolute Gasteiger partial charge is 0.350 e. The molecule has 0 unspecified atom stereocenters. The van der Waals surface area contributed by atoms with E-state index in [4.69, 9.17) is 0 Å². The number of rotatable bonds is 5. The maximum atomic E-state index is 12.6. The van der Waals surface area contributed by atoms with Crippen LogP contribution in [0.15, 0.2) is 53.4 Å². The summed E-state index contributed by atoms with van der Waals surface area (Å²) in [7, 11) is -3.78. The predicted molar refractivity (Wildman–Crippen MR) is 105 cm³/mol. The second-order valence-corrected chi connectivity index (χ2v) is 9.27. The molecule has 0 saturated carbocycles. The normalized spacial score (nSPS) is 12.1. The van der Waals surface area contributed by atoms with Gasteiger partial charge in [0, 0.05) is 17.3 Å². The molecule has 0 aliphatic rings. The minimum absolute atomic E-state index is 0.00445. The molecule has 0 heterocycles. The molecule has 2 aromatic carbocycles. The smallest absolute Gasteiger partial charge is 0.261 e. The van der Waals surface area contributed by atoms with E-state index in [0.717, 1.165) is 5.56 Å². The van der Waals surface area contributed by atoms with Crippen molar-refractivity contribution in [3.63, 3.8) is 0 Å². The van der Waals surface area contributed by atoms with Crippen LogP contribution >= 0.6 is 0 Å². The molecule has 0 aromatic heterocycles. The zero-order chi connectivity index (χ0) is 19.5. The Morgan fingerprint density at radius 3 is 2.15 bits per heavy atom. The van der Waals surface area contributed by atoms with E-state index in [0.29, 0.717) is 11.3 Å². The summed E-state index contributed by atoms with van der Waals surface area (Å²) in [4.78, 5) is 12.1. The summed E-state index contributed by atoms with van der Waals surface area (Å²) >= 11 is 0. The number of benzene rings is 2. The second-order valence-electron chi connectivity index (χ2n) is 7.59. The molecule has 0 saturated heterocycles. The summed E-state index contributed by atoms with van der Waals surface area (Å²) in [5.41, 5.74) is 1.91. The summed E-state index contributed by atoms with van der Waals surface area (Å²) in [6.45, 7) is 9.99. The average molecular weight is 375 g/mol. The molecular weight excluding hydrogens is 348 g/mol. The molecule has 1 amide bonds. The van der Waals surface area contributed by atoms with Gasteiger partial charge in [-0.25, -0.2) is 8.42 Å². The number of carbonyl (C=O) groups excluding carboxylic acids is 1. The lowest BCUT2D eigenvalue weighted by molar-refractivity contribution is 0.0943. The van der Waals surface area contributed by atoms with Crippen molar-refractivity contribution >= 4 is 21.6 Å². The molecule has 5 nitrogen and oxygen atoms in total. The van der Waals surface area contributed by atoms with Gasteiger partial charge in [-0.05, 0) is 55.2 Å². The molecule has 2 N–H and O–H groups in total. The van der Waals surface area contributed by atoms with Crippen molar-refractivity contribution in [2.45, 2.75) is 51.0 Å². The Morgan fingerprint density at radius 2 is 1.62 bits per heavy atom. The van der Waals surface area contributed by atoms with Crippen LogP contribution < -0.4 is 10.0 Å². The van der Waals surface area contributed by atoms with Gasteiger partial charge in [-0.2, -0.15) is 0 Å². The van der Waals surface area contributed by atoms with Gasteiger partial charge in [0.15, 0.2) is 0 Å². The summed E-state index contributed by atoms with van der Waals surface area (Å²) in [5, 5.41) is 2.75. The fourth-order valence-corrected chi connectivity index (χ4v) is 3.51. The first-order valence-electron chi connectivity index (χ1n) is 8.53. The standard InChI is InChI=1S/C20H26N2O3S/c1-14(2)21-19(23)15-7-6-8-18(13-15)26(24,25)22-17-11-9-16(10-12-17)20(3,4)5/h6-14,22H,1-5H3,(H,21,23). The molecule has 140 valence electrons. The van der Waals surface area contributed by atoms with Crippen LogP contribution in [0.2, 0.25) is 0 Å². The van der Waals surface area contributed by atoms with E-state index >= 15 is 0 Å². The highest BCUT2D eigenvalue weighted by Gasteiger charge is 2.18. The third kappa shape index (κ3) is 5.08. The van der Waals surface area contributed by atoms with E-state index in [1.165, 1.54) is 12.1 Å². The van der Waals surface area contributed by atoms with E-state index in [1.54, 1.807) is 24.3 Å². The summed E-state index contributed by atoms with van der Waals surface area (Å²) in [6.07, 6.45) is 0. The molecule has 0 aliphatic heterocycles. The maximum absolute atomic E-state index is 12.6. The predicted octanol–water partition coefficient (Wildman–Crippen LogP) is 3.92. The highest BCUT2D eigenvalue weighted by molar-refractivity contribution is 7.92. The number of hydrogen-bond donors (Lipinski definition) is 2. The SMILES string of the molecule is CC(C)NC(=O)c1cccc(S(=O)(=O)Nc2ccc(C(C)(C)C)cc2)c1. The Kier molecular flexibility index (Phi) is 5.76. The first-order valence-corrected chi connectivity index (χ1v) is 10.0. The number of anilines is 1. The summed E-state index contributed by atoms with van der Waals surface area (Å²) < 4.78 is 27.8. The van der Waals surface area contributed by atoms with Gasteiger partial charge in [0.1, 0.15) is 0 Å². The molecule has 0 spiro atoms. The fraction of sp³-hybridized carbons (Fsp3) is 0.350. The van der Waals surface area contributed by atoms with Crippen LogP contribution in [-0.2, 0) is 15.4 Å². The topological polar surface area (TPSA) is 75.3 Å². The molecule has 0 fully saturated rings. The molecule has 0 atom stereocenters. The van der Waals surface area contributed by atoms with Crippen molar-refractivity contribution in [2.24, 2.45) is 0 Å². The lowest BCUT2D eigenvalue weighted by Gasteiger charge is -2.19. The van der Waals surface area contributed by atoms with Crippen LogP contribution in [0.3, 0.4) is 0 Å². The van der Waals surface area contributed by atoms with Crippen LogP contribution in [0.1, 0.15) is 50.5 Å². The van der Waals surface area contributed by atoms with Gasteiger partial charge in [0.05, 0.1) is 4.90 Å². The molecule has 2 aromatic rings. The van der Waals surface area contributed by atoms with Gasteiger partial charge >= 0.3 is 0 Å². The molecule has 2 rings (SSSR count). The van der Waals surface area contributed by atoms with Crippen molar-refractivity contribution < 1.29 is 13.2 Å².